The van der Waals surface area contributed by atoms with Gasteiger partial charge in [-0.05, 0) is 31.2 Å². The highest BCUT2D eigenvalue weighted by Gasteiger charge is 2.23. The molecule has 0 aromatic carbocycles. The lowest BCUT2D eigenvalue weighted by molar-refractivity contribution is -0.119. The zero-order valence-electron chi connectivity index (χ0n) is 11.1. The number of anilines is 1. The zero-order valence-corrected chi connectivity index (χ0v) is 11.1. The number of aliphatic hydroxyl groups is 1. The average Bonchev–Trinajstić information content (AvgIpc) is 2.83. The summed E-state index contributed by atoms with van der Waals surface area (Å²) in [5.41, 5.74) is 0. The van der Waals surface area contributed by atoms with Gasteiger partial charge in [-0.2, -0.15) is 0 Å². The first-order valence-electron chi connectivity index (χ1n) is 6.58. The lowest BCUT2D eigenvalue weighted by atomic mass is 10.1. The second-order valence-corrected chi connectivity index (χ2v) is 5.04. The first-order chi connectivity index (χ1) is 9.15. The highest BCUT2D eigenvalue weighted by molar-refractivity contribution is 5.80. The zero-order chi connectivity index (χ0) is 13.7. The number of nitrogens with one attached hydrogen (secondary N) is 1. The van der Waals surface area contributed by atoms with Crippen LogP contribution in [0.15, 0.2) is 18.5 Å². The number of amides is 1. The summed E-state index contributed by atoms with van der Waals surface area (Å²) in [6.45, 7) is 0.874. The summed E-state index contributed by atoms with van der Waals surface area (Å²) in [6, 6.07) is 1.74. The Hall–Kier alpha value is -1.69. The summed E-state index contributed by atoms with van der Waals surface area (Å²) in [5.74, 6) is 0.891. The number of nitrogens with zero attached hydrogens (tertiary/aromatic N) is 3. The summed E-state index contributed by atoms with van der Waals surface area (Å²) in [6.07, 6.45) is 5.73. The summed E-state index contributed by atoms with van der Waals surface area (Å²) in [5, 5.41) is 12.3. The van der Waals surface area contributed by atoms with Crippen molar-refractivity contribution in [1.82, 2.24) is 15.3 Å². The quantitative estimate of drug-likeness (QED) is 0.794. The topological polar surface area (TPSA) is 78.4 Å². The van der Waals surface area contributed by atoms with Crippen molar-refractivity contribution in [3.05, 3.63) is 18.5 Å². The van der Waals surface area contributed by atoms with E-state index in [-0.39, 0.29) is 18.6 Å². The molecule has 19 heavy (non-hydrogen) atoms. The first-order valence-corrected chi connectivity index (χ1v) is 6.58. The monoisotopic (exact) mass is 264 g/mol. The molecule has 2 unspecified atom stereocenters. The first kappa shape index (κ1) is 13.7. The molecule has 1 heterocycles. The van der Waals surface area contributed by atoms with Crippen molar-refractivity contribution in [2.75, 3.05) is 25.0 Å². The van der Waals surface area contributed by atoms with Gasteiger partial charge in [0.25, 0.3) is 0 Å². The van der Waals surface area contributed by atoms with Gasteiger partial charge >= 0.3 is 0 Å². The third-order valence-electron chi connectivity index (χ3n) is 3.38. The largest absolute Gasteiger partial charge is 0.393 e. The van der Waals surface area contributed by atoms with E-state index in [1.807, 2.05) is 0 Å². The van der Waals surface area contributed by atoms with Crippen LogP contribution in [0.3, 0.4) is 0 Å². The molecule has 1 aliphatic carbocycles. The molecule has 0 spiro atoms. The van der Waals surface area contributed by atoms with E-state index in [1.54, 1.807) is 30.4 Å². The fourth-order valence-electron chi connectivity index (χ4n) is 2.32. The molecule has 2 N–H and O–H groups in total. The van der Waals surface area contributed by atoms with Crippen LogP contribution in [-0.2, 0) is 4.79 Å². The minimum Gasteiger partial charge on any atom is -0.393 e. The van der Waals surface area contributed by atoms with E-state index >= 15 is 0 Å². The summed E-state index contributed by atoms with van der Waals surface area (Å²) in [7, 11) is 1.79. The predicted molar refractivity (Wildman–Crippen MR) is 71.7 cm³/mol. The minimum absolute atomic E-state index is 0.0451. The van der Waals surface area contributed by atoms with Crippen LogP contribution in [0.5, 0.6) is 0 Å². The van der Waals surface area contributed by atoms with Gasteiger partial charge in [-0.3, -0.25) is 4.79 Å². The molecule has 1 saturated carbocycles. The van der Waals surface area contributed by atoms with Crippen LogP contribution >= 0.6 is 0 Å². The Labute approximate surface area is 112 Å². The van der Waals surface area contributed by atoms with Gasteiger partial charge in [0.15, 0.2) is 0 Å². The highest BCUT2D eigenvalue weighted by atomic mass is 16.3. The van der Waals surface area contributed by atoms with Gasteiger partial charge in [-0.1, -0.05) is 0 Å². The molecule has 1 aromatic rings. The molecule has 0 aliphatic heterocycles. The van der Waals surface area contributed by atoms with Crippen molar-refractivity contribution < 1.29 is 9.90 Å². The highest BCUT2D eigenvalue weighted by Crippen LogP contribution is 2.24. The Morgan fingerprint density at radius 3 is 2.84 bits per heavy atom. The third-order valence-corrected chi connectivity index (χ3v) is 3.38. The van der Waals surface area contributed by atoms with Crippen LogP contribution < -0.4 is 10.2 Å². The van der Waals surface area contributed by atoms with Gasteiger partial charge in [0.1, 0.15) is 0 Å². The van der Waals surface area contributed by atoms with Gasteiger partial charge in [-0.25, -0.2) is 9.97 Å². The fourth-order valence-corrected chi connectivity index (χ4v) is 2.32. The second kappa shape index (κ2) is 6.47. The van der Waals surface area contributed by atoms with Crippen LogP contribution in [0.1, 0.15) is 19.3 Å². The van der Waals surface area contributed by atoms with Crippen molar-refractivity contribution in [3.8, 4) is 0 Å². The number of aromatic nitrogens is 2. The van der Waals surface area contributed by atoms with E-state index in [4.69, 9.17) is 0 Å². The van der Waals surface area contributed by atoms with E-state index in [1.165, 1.54) is 0 Å². The van der Waals surface area contributed by atoms with Crippen LogP contribution in [-0.4, -0.2) is 47.2 Å². The van der Waals surface area contributed by atoms with Gasteiger partial charge in [0.2, 0.25) is 11.9 Å². The maximum absolute atomic E-state index is 11.8. The van der Waals surface area contributed by atoms with E-state index in [0.717, 1.165) is 19.3 Å². The number of carbonyl (C=O) groups excluding carboxylic acids is 1. The third kappa shape index (κ3) is 4.17. The normalized spacial score (nSPS) is 22.2. The Morgan fingerprint density at radius 1 is 1.47 bits per heavy atom. The van der Waals surface area contributed by atoms with Gasteiger partial charge in [0.05, 0.1) is 12.6 Å². The molecule has 2 atom stereocenters. The SMILES string of the molecule is CN(CC(=O)NCC1CCC(O)C1)c1ncccn1. The van der Waals surface area contributed by atoms with Crippen molar-refractivity contribution in [2.45, 2.75) is 25.4 Å². The molecule has 6 heteroatoms. The molecule has 0 radical (unpaired) electrons. The van der Waals surface area contributed by atoms with E-state index in [9.17, 15) is 9.90 Å². The van der Waals surface area contributed by atoms with E-state index in [2.05, 4.69) is 15.3 Å². The van der Waals surface area contributed by atoms with Crippen molar-refractivity contribution in [1.29, 1.82) is 0 Å². The molecule has 1 aromatic heterocycles. The standard InChI is InChI=1S/C13H20N4O2/c1-17(13-14-5-2-6-15-13)9-12(19)16-8-10-3-4-11(18)7-10/h2,5-6,10-11,18H,3-4,7-9H2,1H3,(H,16,19). The molecule has 1 aliphatic rings. The van der Waals surface area contributed by atoms with Crippen LogP contribution in [0.25, 0.3) is 0 Å². The molecular formula is C13H20N4O2. The van der Waals surface area contributed by atoms with Crippen LogP contribution in [0.4, 0.5) is 5.95 Å². The number of likely N-dealkylation sites (N-methyl/N-ethyl adjacent to an activating group) is 1. The fraction of sp³-hybridized carbons (Fsp3) is 0.615. The Kier molecular flexibility index (Phi) is 4.68. The van der Waals surface area contributed by atoms with Crippen LogP contribution in [0.2, 0.25) is 0 Å². The lowest BCUT2D eigenvalue weighted by Gasteiger charge is -2.17. The Balaban J connectivity index is 1.72. The van der Waals surface area contributed by atoms with E-state index in [0.29, 0.717) is 18.4 Å². The molecule has 6 nitrogen and oxygen atoms in total. The molecule has 104 valence electrons. The van der Waals surface area contributed by atoms with Crippen LogP contribution in [0, 0.1) is 5.92 Å². The maximum Gasteiger partial charge on any atom is 0.239 e. The number of aliphatic hydroxyl groups excluding tert-OH is 1. The van der Waals surface area contributed by atoms with Gasteiger partial charge in [-0.15, -0.1) is 0 Å². The number of hydrogen-bond donors (Lipinski definition) is 2. The van der Waals surface area contributed by atoms with Gasteiger partial charge < -0.3 is 15.3 Å². The van der Waals surface area contributed by atoms with E-state index < -0.39 is 0 Å². The average molecular weight is 264 g/mol. The summed E-state index contributed by atoms with van der Waals surface area (Å²) >= 11 is 0. The molecule has 0 bridgehead atoms. The van der Waals surface area contributed by atoms with Crippen molar-refractivity contribution >= 4 is 11.9 Å². The predicted octanol–water partition coefficient (Wildman–Crippen LogP) is 0.190. The number of rotatable bonds is 5. The molecule has 2 rings (SSSR count). The molecule has 1 amide bonds. The second-order valence-electron chi connectivity index (χ2n) is 5.04. The minimum atomic E-state index is -0.192. The van der Waals surface area contributed by atoms with Crippen molar-refractivity contribution in [2.24, 2.45) is 5.92 Å². The Bertz CT molecular complexity index is 412. The summed E-state index contributed by atoms with van der Waals surface area (Å²) < 4.78 is 0. The molecular weight excluding hydrogens is 244 g/mol. The smallest absolute Gasteiger partial charge is 0.239 e. The maximum atomic E-state index is 11.8. The number of carbonyl (C=O) groups is 1. The molecule has 0 saturated heterocycles. The molecule has 1 fully saturated rings. The van der Waals surface area contributed by atoms with Crippen molar-refractivity contribution in [3.63, 3.8) is 0 Å². The summed E-state index contributed by atoms with van der Waals surface area (Å²) in [4.78, 5) is 21.7. The van der Waals surface area contributed by atoms with Gasteiger partial charge in [0, 0.05) is 26.0 Å². The Morgan fingerprint density at radius 2 is 2.21 bits per heavy atom. The lowest BCUT2D eigenvalue weighted by Crippen LogP contribution is -2.37. The number of hydrogen-bond acceptors (Lipinski definition) is 5.